The summed E-state index contributed by atoms with van der Waals surface area (Å²) in [6.07, 6.45) is 1.50. The lowest BCUT2D eigenvalue weighted by Crippen LogP contribution is -1.99. The highest BCUT2D eigenvalue weighted by Crippen LogP contribution is 2.18. The second-order valence-electron chi connectivity index (χ2n) is 2.80. The molecule has 0 atom stereocenters. The second-order valence-corrected chi connectivity index (χ2v) is 3.51. The quantitative estimate of drug-likeness (QED) is 0.837. The van der Waals surface area contributed by atoms with Crippen molar-refractivity contribution in [3.05, 3.63) is 22.7 Å². The molecular formula is C8H6BrN3O2. The summed E-state index contributed by atoms with van der Waals surface area (Å²) in [6.45, 7) is 0. The van der Waals surface area contributed by atoms with Gasteiger partial charge in [-0.25, -0.2) is 14.8 Å². The van der Waals surface area contributed by atoms with Crippen molar-refractivity contribution in [2.24, 2.45) is 7.05 Å². The Morgan fingerprint density at radius 2 is 2.36 bits per heavy atom. The summed E-state index contributed by atoms with van der Waals surface area (Å²) >= 11 is 3.25. The Bertz CT molecular complexity index is 521. The number of aromatic nitrogens is 3. The van der Waals surface area contributed by atoms with Crippen LogP contribution in [0.3, 0.4) is 0 Å². The minimum absolute atomic E-state index is 0.00287. The molecule has 0 saturated heterocycles. The topological polar surface area (TPSA) is 68.0 Å². The van der Waals surface area contributed by atoms with Crippen molar-refractivity contribution in [1.29, 1.82) is 0 Å². The molecule has 72 valence electrons. The number of carboxylic acid groups (broad SMARTS) is 1. The molecule has 5 nitrogen and oxygen atoms in total. The first-order valence-electron chi connectivity index (χ1n) is 3.81. The average Bonchev–Trinajstić information content (AvgIpc) is 2.42. The van der Waals surface area contributed by atoms with Crippen LogP contribution in [0, 0.1) is 0 Å². The van der Waals surface area contributed by atoms with Gasteiger partial charge in [0.2, 0.25) is 0 Å². The molecule has 0 aliphatic heterocycles. The van der Waals surface area contributed by atoms with Crippen LogP contribution in [0.15, 0.2) is 17.0 Å². The predicted molar refractivity (Wildman–Crippen MR) is 53.2 cm³/mol. The molecule has 14 heavy (non-hydrogen) atoms. The maximum atomic E-state index is 10.6. The lowest BCUT2D eigenvalue weighted by atomic mass is 10.3. The fourth-order valence-electron chi connectivity index (χ4n) is 1.18. The van der Waals surface area contributed by atoms with Gasteiger partial charge in [0.1, 0.15) is 5.69 Å². The number of pyridine rings is 1. The zero-order valence-corrected chi connectivity index (χ0v) is 8.82. The number of rotatable bonds is 1. The molecule has 2 aromatic rings. The average molecular weight is 256 g/mol. The Morgan fingerprint density at radius 1 is 1.64 bits per heavy atom. The van der Waals surface area contributed by atoms with Crippen LogP contribution in [0.1, 0.15) is 10.5 Å². The van der Waals surface area contributed by atoms with Crippen LogP contribution in [0.25, 0.3) is 11.0 Å². The monoisotopic (exact) mass is 255 g/mol. The molecule has 0 amide bonds. The minimum Gasteiger partial charge on any atom is -0.477 e. The molecule has 0 fully saturated rings. The molecule has 0 aromatic carbocycles. The van der Waals surface area contributed by atoms with Gasteiger partial charge in [0, 0.05) is 7.05 Å². The number of hydrogen-bond acceptors (Lipinski definition) is 3. The Hall–Kier alpha value is -1.43. The number of nitrogens with zero attached hydrogens (tertiary/aromatic N) is 3. The SMILES string of the molecule is Cn1c(Br)nc2cc(C(=O)O)ncc21. The first-order valence-corrected chi connectivity index (χ1v) is 4.60. The van der Waals surface area contributed by atoms with Crippen LogP contribution in [0.5, 0.6) is 0 Å². The van der Waals surface area contributed by atoms with Crippen LogP contribution in [-0.2, 0) is 7.05 Å². The maximum absolute atomic E-state index is 10.6. The molecule has 0 aliphatic carbocycles. The summed E-state index contributed by atoms with van der Waals surface area (Å²) in [5.74, 6) is -1.05. The zero-order chi connectivity index (χ0) is 10.3. The maximum Gasteiger partial charge on any atom is 0.354 e. The van der Waals surface area contributed by atoms with E-state index in [4.69, 9.17) is 5.11 Å². The summed E-state index contributed by atoms with van der Waals surface area (Å²) in [7, 11) is 1.82. The van der Waals surface area contributed by atoms with Crippen LogP contribution in [0.2, 0.25) is 0 Å². The summed E-state index contributed by atoms with van der Waals surface area (Å²) < 4.78 is 2.44. The Balaban J connectivity index is 2.73. The Kier molecular flexibility index (Phi) is 1.99. The molecule has 0 unspecified atom stereocenters. The van der Waals surface area contributed by atoms with Crippen molar-refractivity contribution in [3.63, 3.8) is 0 Å². The van der Waals surface area contributed by atoms with Gasteiger partial charge in [-0.05, 0) is 22.0 Å². The van der Waals surface area contributed by atoms with E-state index in [0.717, 1.165) is 5.52 Å². The number of fused-ring (bicyclic) bond motifs is 1. The molecule has 0 spiro atoms. The first-order chi connectivity index (χ1) is 6.59. The van der Waals surface area contributed by atoms with E-state index < -0.39 is 5.97 Å². The largest absolute Gasteiger partial charge is 0.477 e. The summed E-state index contributed by atoms with van der Waals surface area (Å²) in [4.78, 5) is 18.6. The number of carbonyl (C=O) groups is 1. The van der Waals surface area contributed by atoms with Crippen molar-refractivity contribution >= 4 is 32.9 Å². The smallest absolute Gasteiger partial charge is 0.354 e. The molecule has 6 heteroatoms. The van der Waals surface area contributed by atoms with Crippen molar-refractivity contribution < 1.29 is 9.90 Å². The van der Waals surface area contributed by atoms with Gasteiger partial charge < -0.3 is 9.67 Å². The lowest BCUT2D eigenvalue weighted by molar-refractivity contribution is 0.0690. The van der Waals surface area contributed by atoms with Crippen molar-refractivity contribution in [1.82, 2.24) is 14.5 Å². The third kappa shape index (κ3) is 1.27. The fraction of sp³-hybridized carbons (Fsp3) is 0.125. The van der Waals surface area contributed by atoms with E-state index in [-0.39, 0.29) is 5.69 Å². The van der Waals surface area contributed by atoms with E-state index in [9.17, 15) is 4.79 Å². The Morgan fingerprint density at radius 3 is 3.00 bits per heavy atom. The lowest BCUT2D eigenvalue weighted by Gasteiger charge is -1.95. The van der Waals surface area contributed by atoms with Crippen molar-refractivity contribution in [3.8, 4) is 0 Å². The standard InChI is InChI=1S/C8H6BrN3O2/c1-12-6-3-10-5(7(13)14)2-4(6)11-8(12)9/h2-3H,1H3,(H,13,14). The van der Waals surface area contributed by atoms with Gasteiger partial charge in [-0.1, -0.05) is 0 Å². The number of hydrogen-bond donors (Lipinski definition) is 1. The molecule has 2 rings (SSSR count). The van der Waals surface area contributed by atoms with E-state index in [1.165, 1.54) is 12.3 Å². The second kappa shape index (κ2) is 3.06. The van der Waals surface area contributed by atoms with Gasteiger partial charge >= 0.3 is 5.97 Å². The van der Waals surface area contributed by atoms with E-state index in [1.54, 1.807) is 4.57 Å². The van der Waals surface area contributed by atoms with Crippen LogP contribution < -0.4 is 0 Å². The molecule has 2 heterocycles. The molecule has 2 aromatic heterocycles. The minimum atomic E-state index is -1.05. The molecule has 1 N–H and O–H groups in total. The summed E-state index contributed by atoms with van der Waals surface area (Å²) in [6, 6.07) is 1.45. The molecular weight excluding hydrogens is 250 g/mol. The molecule has 0 bridgehead atoms. The predicted octanol–water partition coefficient (Wildman–Crippen LogP) is 1.43. The molecule has 0 aliphatic rings. The molecule has 0 radical (unpaired) electrons. The Labute approximate surface area is 87.5 Å². The number of aryl methyl sites for hydroxylation is 1. The fourth-order valence-corrected chi connectivity index (χ4v) is 1.56. The van der Waals surface area contributed by atoms with Gasteiger partial charge in [-0.2, -0.15) is 0 Å². The van der Waals surface area contributed by atoms with Gasteiger partial charge in [-0.3, -0.25) is 0 Å². The van der Waals surface area contributed by atoms with Crippen molar-refractivity contribution in [2.45, 2.75) is 0 Å². The van der Waals surface area contributed by atoms with Gasteiger partial charge in [0.25, 0.3) is 0 Å². The van der Waals surface area contributed by atoms with E-state index >= 15 is 0 Å². The number of imidazole rings is 1. The summed E-state index contributed by atoms with van der Waals surface area (Å²) in [5, 5.41) is 8.71. The molecule has 0 saturated carbocycles. The normalized spacial score (nSPS) is 10.7. The van der Waals surface area contributed by atoms with Crippen LogP contribution >= 0.6 is 15.9 Å². The van der Waals surface area contributed by atoms with Crippen LogP contribution in [0.4, 0.5) is 0 Å². The first kappa shape index (κ1) is 9.14. The van der Waals surface area contributed by atoms with Gasteiger partial charge in [0.15, 0.2) is 4.73 Å². The number of aromatic carboxylic acids is 1. The highest BCUT2D eigenvalue weighted by molar-refractivity contribution is 9.10. The zero-order valence-electron chi connectivity index (χ0n) is 7.23. The highest BCUT2D eigenvalue weighted by Gasteiger charge is 2.10. The van der Waals surface area contributed by atoms with E-state index in [1.807, 2.05) is 7.05 Å². The van der Waals surface area contributed by atoms with E-state index in [0.29, 0.717) is 10.3 Å². The van der Waals surface area contributed by atoms with E-state index in [2.05, 4.69) is 25.9 Å². The highest BCUT2D eigenvalue weighted by atomic mass is 79.9. The van der Waals surface area contributed by atoms with Gasteiger partial charge in [-0.15, -0.1) is 0 Å². The number of carboxylic acids is 1. The van der Waals surface area contributed by atoms with Crippen LogP contribution in [-0.4, -0.2) is 25.6 Å². The number of halogens is 1. The third-order valence-electron chi connectivity index (χ3n) is 1.93. The van der Waals surface area contributed by atoms with Gasteiger partial charge in [0.05, 0.1) is 17.2 Å². The summed E-state index contributed by atoms with van der Waals surface area (Å²) in [5.41, 5.74) is 1.41. The van der Waals surface area contributed by atoms with Crippen molar-refractivity contribution in [2.75, 3.05) is 0 Å². The third-order valence-corrected chi connectivity index (χ3v) is 2.64.